The van der Waals surface area contributed by atoms with Gasteiger partial charge in [-0.15, -0.1) is 0 Å². The van der Waals surface area contributed by atoms with Crippen molar-refractivity contribution in [2.75, 3.05) is 20.7 Å². The van der Waals surface area contributed by atoms with E-state index in [0.717, 1.165) is 31.6 Å². The average molecular weight is 301 g/mol. The Kier molecular flexibility index (Phi) is 3.02. The zero-order chi connectivity index (χ0) is 15.5. The number of fused-ring (bicyclic) bond motifs is 1. The second-order valence-corrected chi connectivity index (χ2v) is 7.20. The average Bonchev–Trinajstić information content (AvgIpc) is 2.49. The zero-order valence-electron chi connectivity index (χ0n) is 13.3. The molecular formula is C18H23NO3. The van der Waals surface area contributed by atoms with E-state index in [1.54, 1.807) is 13.2 Å². The number of likely N-dealkylation sites (N-methyl/N-ethyl adjacent to an activating group) is 1. The number of aromatic hydroxyl groups is 1. The first-order valence-corrected chi connectivity index (χ1v) is 8.17. The summed E-state index contributed by atoms with van der Waals surface area (Å²) in [4.78, 5) is 14.7. The highest BCUT2D eigenvalue weighted by molar-refractivity contribution is 5.82. The quantitative estimate of drug-likeness (QED) is 0.864. The van der Waals surface area contributed by atoms with Crippen LogP contribution in [-0.2, 0) is 16.6 Å². The van der Waals surface area contributed by atoms with E-state index in [-0.39, 0.29) is 11.2 Å². The van der Waals surface area contributed by atoms with Crippen molar-refractivity contribution in [2.24, 2.45) is 5.92 Å². The summed E-state index contributed by atoms with van der Waals surface area (Å²) in [5.74, 6) is 1.92. The fourth-order valence-electron chi connectivity index (χ4n) is 5.31. The molecule has 2 aliphatic carbocycles. The Balaban J connectivity index is 1.96. The smallest absolute Gasteiger partial charge is 0.133 e. The van der Waals surface area contributed by atoms with Gasteiger partial charge in [0.25, 0.3) is 0 Å². The van der Waals surface area contributed by atoms with Crippen LogP contribution in [0.25, 0.3) is 0 Å². The minimum absolute atomic E-state index is 0.0842. The van der Waals surface area contributed by atoms with E-state index in [2.05, 4.69) is 11.9 Å². The lowest BCUT2D eigenvalue weighted by atomic mass is 9.52. The van der Waals surface area contributed by atoms with Crippen LogP contribution in [0.15, 0.2) is 12.1 Å². The highest BCUT2D eigenvalue weighted by Crippen LogP contribution is 2.57. The lowest BCUT2D eigenvalue weighted by Crippen LogP contribution is -2.61. The maximum Gasteiger partial charge on any atom is 0.133 e. The Hall–Kier alpha value is -1.55. The van der Waals surface area contributed by atoms with Crippen molar-refractivity contribution in [3.63, 3.8) is 0 Å². The number of hydrogen-bond donors (Lipinski definition) is 1. The molecule has 3 unspecified atom stereocenters. The first kappa shape index (κ1) is 14.1. The van der Waals surface area contributed by atoms with E-state index in [9.17, 15) is 9.90 Å². The number of ketones is 1. The summed E-state index contributed by atoms with van der Waals surface area (Å²) in [6.45, 7) is 1.03. The van der Waals surface area contributed by atoms with Crippen molar-refractivity contribution in [1.29, 1.82) is 0 Å². The molecule has 4 nitrogen and oxygen atoms in total. The second kappa shape index (κ2) is 4.72. The van der Waals surface area contributed by atoms with Crippen molar-refractivity contribution < 1.29 is 14.6 Å². The van der Waals surface area contributed by atoms with Crippen LogP contribution in [0.4, 0.5) is 0 Å². The predicted octanol–water partition coefficient (Wildman–Crippen LogP) is 2.27. The second-order valence-electron chi connectivity index (χ2n) is 7.20. The van der Waals surface area contributed by atoms with E-state index in [0.29, 0.717) is 30.6 Å². The van der Waals surface area contributed by atoms with Crippen LogP contribution >= 0.6 is 0 Å². The Morgan fingerprint density at radius 3 is 3.00 bits per heavy atom. The fraction of sp³-hybridized carbons (Fsp3) is 0.611. The van der Waals surface area contributed by atoms with Gasteiger partial charge in [-0.05, 0) is 50.4 Å². The van der Waals surface area contributed by atoms with E-state index >= 15 is 0 Å². The van der Waals surface area contributed by atoms with Crippen molar-refractivity contribution >= 4 is 5.78 Å². The third kappa shape index (κ3) is 1.76. The number of hydrogen-bond acceptors (Lipinski definition) is 4. The Labute approximate surface area is 131 Å². The summed E-state index contributed by atoms with van der Waals surface area (Å²) in [5.41, 5.74) is 2.29. The summed E-state index contributed by atoms with van der Waals surface area (Å²) in [6.07, 6.45) is 4.28. The summed E-state index contributed by atoms with van der Waals surface area (Å²) < 4.78 is 5.61. The van der Waals surface area contributed by atoms with Gasteiger partial charge in [-0.1, -0.05) is 0 Å². The number of benzene rings is 1. The number of Topliss-reactive ketones (excluding diaryl/α,β-unsaturated/α-hetero) is 1. The van der Waals surface area contributed by atoms with Gasteiger partial charge < -0.3 is 14.7 Å². The van der Waals surface area contributed by atoms with Crippen LogP contribution in [0.5, 0.6) is 11.5 Å². The fourth-order valence-corrected chi connectivity index (χ4v) is 5.31. The van der Waals surface area contributed by atoms with Gasteiger partial charge in [-0.3, -0.25) is 4.79 Å². The van der Waals surface area contributed by atoms with Gasteiger partial charge in [0.15, 0.2) is 0 Å². The first-order chi connectivity index (χ1) is 10.5. The normalized spacial score (nSPS) is 34.0. The molecule has 1 aromatic carbocycles. The van der Waals surface area contributed by atoms with Gasteiger partial charge in [-0.25, -0.2) is 0 Å². The van der Waals surface area contributed by atoms with Crippen LogP contribution in [0.2, 0.25) is 0 Å². The molecule has 22 heavy (non-hydrogen) atoms. The standard InChI is InChI=1S/C18H23NO3/c1-19-6-5-18-10-12(20)3-4-14(18)15(19)8-11-7-13(21)9-16(22-2)17(11)18/h7,9,14-15,21H,3-6,8,10H2,1-2H3. The van der Waals surface area contributed by atoms with Gasteiger partial charge in [0.05, 0.1) is 7.11 Å². The van der Waals surface area contributed by atoms with E-state index in [4.69, 9.17) is 4.74 Å². The van der Waals surface area contributed by atoms with Crippen LogP contribution in [0.3, 0.4) is 0 Å². The van der Waals surface area contributed by atoms with Crippen LogP contribution in [-0.4, -0.2) is 42.5 Å². The van der Waals surface area contributed by atoms with Crippen LogP contribution < -0.4 is 4.74 Å². The maximum atomic E-state index is 12.3. The van der Waals surface area contributed by atoms with Gasteiger partial charge in [0.1, 0.15) is 17.3 Å². The molecule has 1 saturated heterocycles. The minimum Gasteiger partial charge on any atom is -0.508 e. The molecule has 1 N–H and O–H groups in total. The zero-order valence-corrected chi connectivity index (χ0v) is 13.3. The van der Waals surface area contributed by atoms with Crippen LogP contribution in [0, 0.1) is 5.92 Å². The molecule has 0 radical (unpaired) electrons. The molecule has 2 bridgehead atoms. The molecule has 4 heteroatoms. The molecule has 1 aromatic rings. The number of rotatable bonds is 1. The van der Waals surface area contributed by atoms with Crippen molar-refractivity contribution in [2.45, 2.75) is 43.6 Å². The highest BCUT2D eigenvalue weighted by atomic mass is 16.5. The SMILES string of the molecule is COc1cc(O)cc2c1C13CCN(C)C(C2)C1CCC(=O)C3. The number of piperidine rings is 1. The molecule has 3 aliphatic rings. The van der Waals surface area contributed by atoms with Crippen molar-refractivity contribution in [3.05, 3.63) is 23.3 Å². The Bertz CT molecular complexity index is 641. The Morgan fingerprint density at radius 1 is 1.41 bits per heavy atom. The number of nitrogens with zero attached hydrogens (tertiary/aromatic N) is 1. The number of ether oxygens (including phenoxy) is 1. The predicted molar refractivity (Wildman–Crippen MR) is 83.4 cm³/mol. The molecule has 2 fully saturated rings. The largest absolute Gasteiger partial charge is 0.508 e. The molecular weight excluding hydrogens is 278 g/mol. The number of phenolic OH excluding ortho intramolecular Hbond substituents is 1. The first-order valence-electron chi connectivity index (χ1n) is 8.17. The van der Waals surface area contributed by atoms with Crippen LogP contribution in [0.1, 0.15) is 36.8 Å². The molecule has 118 valence electrons. The Morgan fingerprint density at radius 2 is 2.23 bits per heavy atom. The van der Waals surface area contributed by atoms with Gasteiger partial charge in [0.2, 0.25) is 0 Å². The monoisotopic (exact) mass is 301 g/mol. The summed E-state index contributed by atoms with van der Waals surface area (Å²) in [5, 5.41) is 10.0. The highest BCUT2D eigenvalue weighted by Gasteiger charge is 2.56. The molecule has 1 aliphatic heterocycles. The molecule has 1 heterocycles. The van der Waals surface area contributed by atoms with E-state index < -0.39 is 0 Å². The number of carbonyl (C=O) groups excluding carboxylic acids is 1. The lowest BCUT2D eigenvalue weighted by Gasteiger charge is -2.58. The van der Waals surface area contributed by atoms with Crippen molar-refractivity contribution in [3.8, 4) is 11.5 Å². The number of phenols is 1. The van der Waals surface area contributed by atoms with E-state index in [1.165, 1.54) is 11.1 Å². The topological polar surface area (TPSA) is 49.8 Å². The van der Waals surface area contributed by atoms with Gasteiger partial charge in [-0.2, -0.15) is 0 Å². The van der Waals surface area contributed by atoms with Gasteiger partial charge >= 0.3 is 0 Å². The summed E-state index contributed by atoms with van der Waals surface area (Å²) in [6, 6.07) is 4.06. The summed E-state index contributed by atoms with van der Waals surface area (Å²) in [7, 11) is 3.85. The number of carbonyl (C=O) groups is 1. The van der Waals surface area contributed by atoms with E-state index in [1.807, 2.05) is 6.07 Å². The molecule has 4 rings (SSSR count). The number of methoxy groups -OCH3 is 1. The summed E-state index contributed by atoms with van der Waals surface area (Å²) >= 11 is 0. The molecule has 3 atom stereocenters. The maximum absolute atomic E-state index is 12.3. The third-order valence-electron chi connectivity index (χ3n) is 6.21. The number of likely N-dealkylation sites (tertiary alicyclic amines) is 1. The molecule has 1 saturated carbocycles. The lowest BCUT2D eigenvalue weighted by molar-refractivity contribution is -0.126. The molecule has 0 amide bonds. The van der Waals surface area contributed by atoms with Crippen molar-refractivity contribution in [1.82, 2.24) is 4.90 Å². The molecule has 0 spiro atoms. The third-order valence-corrected chi connectivity index (χ3v) is 6.21. The van der Waals surface area contributed by atoms with Gasteiger partial charge in [0, 0.05) is 35.9 Å². The molecule has 0 aromatic heterocycles. The minimum atomic E-state index is -0.0842.